The van der Waals surface area contributed by atoms with Crippen molar-refractivity contribution in [1.82, 2.24) is 4.72 Å². The zero-order valence-electron chi connectivity index (χ0n) is 15.7. The van der Waals surface area contributed by atoms with E-state index >= 15 is 0 Å². The number of carbonyl (C=O) groups excluding carboxylic acids is 1. The summed E-state index contributed by atoms with van der Waals surface area (Å²) in [5.41, 5.74) is 1.41. The molecule has 0 bridgehead atoms. The molecule has 0 saturated heterocycles. The molecule has 0 fully saturated rings. The van der Waals surface area contributed by atoms with Crippen molar-refractivity contribution in [1.29, 1.82) is 0 Å². The number of carbonyl (C=O) groups is 1. The molecule has 2 N–H and O–H groups in total. The summed E-state index contributed by atoms with van der Waals surface area (Å²) < 4.78 is 30.6. The second-order valence-corrected chi connectivity index (χ2v) is 8.35. The van der Waals surface area contributed by atoms with E-state index in [9.17, 15) is 13.2 Å². The fourth-order valence-electron chi connectivity index (χ4n) is 2.71. The fourth-order valence-corrected chi connectivity index (χ4v) is 3.14. The van der Waals surface area contributed by atoms with E-state index in [0.29, 0.717) is 11.4 Å². The molecule has 28 heavy (non-hydrogen) atoms. The second kappa shape index (κ2) is 8.41. The standard InChI is InChI=1S/C21H22N2O4S/c1-15(27-20-9-5-7-17-6-3-4-8-19(17)20)21(24)23-18-12-10-16(11-13-18)14-22-28(2,25)26/h3-13,15,22H,14H2,1-2H3,(H,23,24). The molecule has 0 aromatic heterocycles. The van der Waals surface area contributed by atoms with Crippen LogP contribution in [0.15, 0.2) is 66.7 Å². The zero-order valence-corrected chi connectivity index (χ0v) is 16.5. The third-order valence-electron chi connectivity index (χ3n) is 4.18. The molecule has 0 heterocycles. The first-order valence-corrected chi connectivity index (χ1v) is 10.7. The van der Waals surface area contributed by atoms with Gasteiger partial charge in [0.05, 0.1) is 6.26 Å². The van der Waals surface area contributed by atoms with E-state index in [1.165, 1.54) is 0 Å². The Morgan fingerprint density at radius 3 is 2.39 bits per heavy atom. The number of rotatable bonds is 7. The van der Waals surface area contributed by atoms with Crippen molar-refractivity contribution in [3.63, 3.8) is 0 Å². The van der Waals surface area contributed by atoms with Gasteiger partial charge in [-0.15, -0.1) is 0 Å². The van der Waals surface area contributed by atoms with Crippen LogP contribution in [0.2, 0.25) is 0 Å². The number of amides is 1. The van der Waals surface area contributed by atoms with Crippen molar-refractivity contribution >= 4 is 32.4 Å². The minimum Gasteiger partial charge on any atom is -0.480 e. The highest BCUT2D eigenvalue weighted by Gasteiger charge is 2.16. The average molecular weight is 398 g/mol. The molecule has 6 nitrogen and oxygen atoms in total. The molecule has 0 aliphatic carbocycles. The van der Waals surface area contributed by atoms with Gasteiger partial charge in [-0.05, 0) is 36.1 Å². The Labute approximate surface area is 164 Å². The number of sulfonamides is 1. The SMILES string of the molecule is CC(Oc1cccc2ccccc12)C(=O)Nc1ccc(CNS(C)(=O)=O)cc1. The maximum atomic E-state index is 12.5. The number of hydrogen-bond donors (Lipinski definition) is 2. The summed E-state index contributed by atoms with van der Waals surface area (Å²) >= 11 is 0. The van der Waals surface area contributed by atoms with Crippen molar-refractivity contribution in [2.24, 2.45) is 0 Å². The van der Waals surface area contributed by atoms with Gasteiger partial charge in [-0.25, -0.2) is 13.1 Å². The first-order chi connectivity index (χ1) is 13.3. The van der Waals surface area contributed by atoms with Gasteiger partial charge in [0.2, 0.25) is 10.0 Å². The van der Waals surface area contributed by atoms with Crippen LogP contribution in [-0.2, 0) is 21.4 Å². The van der Waals surface area contributed by atoms with Crippen molar-refractivity contribution in [2.45, 2.75) is 19.6 Å². The lowest BCUT2D eigenvalue weighted by Crippen LogP contribution is -2.30. The van der Waals surface area contributed by atoms with E-state index in [1.807, 2.05) is 42.5 Å². The Bertz CT molecular complexity index is 1070. The lowest BCUT2D eigenvalue weighted by atomic mass is 10.1. The maximum absolute atomic E-state index is 12.5. The molecule has 7 heteroatoms. The molecular formula is C21H22N2O4S. The van der Waals surface area contributed by atoms with Gasteiger partial charge in [-0.3, -0.25) is 4.79 Å². The number of anilines is 1. The Kier molecular flexibility index (Phi) is 5.96. The monoisotopic (exact) mass is 398 g/mol. The molecule has 0 radical (unpaired) electrons. The van der Waals surface area contributed by atoms with Crippen molar-refractivity contribution < 1.29 is 17.9 Å². The molecule has 0 spiro atoms. The topological polar surface area (TPSA) is 84.5 Å². The van der Waals surface area contributed by atoms with E-state index in [1.54, 1.807) is 31.2 Å². The van der Waals surface area contributed by atoms with Crippen LogP contribution in [0.1, 0.15) is 12.5 Å². The highest BCUT2D eigenvalue weighted by atomic mass is 32.2. The summed E-state index contributed by atoms with van der Waals surface area (Å²) in [5, 5.41) is 4.81. The van der Waals surface area contributed by atoms with E-state index in [2.05, 4.69) is 10.0 Å². The summed E-state index contributed by atoms with van der Waals surface area (Å²) in [6.07, 6.45) is 0.427. The second-order valence-electron chi connectivity index (χ2n) is 6.52. The van der Waals surface area contributed by atoms with Crippen LogP contribution in [0.25, 0.3) is 10.8 Å². The average Bonchev–Trinajstić information content (AvgIpc) is 2.67. The Morgan fingerprint density at radius 1 is 1.00 bits per heavy atom. The van der Waals surface area contributed by atoms with Gasteiger partial charge in [0.1, 0.15) is 5.75 Å². The third-order valence-corrected chi connectivity index (χ3v) is 4.85. The van der Waals surface area contributed by atoms with Gasteiger partial charge >= 0.3 is 0 Å². The van der Waals surface area contributed by atoms with Crippen LogP contribution in [0.3, 0.4) is 0 Å². The molecule has 1 amide bonds. The highest BCUT2D eigenvalue weighted by molar-refractivity contribution is 7.88. The maximum Gasteiger partial charge on any atom is 0.265 e. The van der Waals surface area contributed by atoms with Gasteiger partial charge in [0.15, 0.2) is 6.10 Å². The highest BCUT2D eigenvalue weighted by Crippen LogP contribution is 2.26. The lowest BCUT2D eigenvalue weighted by molar-refractivity contribution is -0.122. The lowest BCUT2D eigenvalue weighted by Gasteiger charge is -2.16. The molecule has 3 aromatic carbocycles. The van der Waals surface area contributed by atoms with Gasteiger partial charge in [0, 0.05) is 17.6 Å². The molecule has 3 aromatic rings. The van der Waals surface area contributed by atoms with Crippen molar-refractivity contribution in [3.8, 4) is 5.75 Å². The largest absolute Gasteiger partial charge is 0.480 e. The minimum atomic E-state index is -3.24. The van der Waals surface area contributed by atoms with Crippen LogP contribution < -0.4 is 14.8 Å². The molecule has 1 unspecified atom stereocenters. The van der Waals surface area contributed by atoms with Crippen LogP contribution in [0.5, 0.6) is 5.75 Å². The smallest absolute Gasteiger partial charge is 0.265 e. The molecular weight excluding hydrogens is 376 g/mol. The number of nitrogens with one attached hydrogen (secondary N) is 2. The molecule has 0 aliphatic rings. The van der Waals surface area contributed by atoms with E-state index in [4.69, 9.17) is 4.74 Å². The van der Waals surface area contributed by atoms with Crippen molar-refractivity contribution in [3.05, 3.63) is 72.3 Å². The van der Waals surface area contributed by atoms with E-state index < -0.39 is 16.1 Å². The predicted octanol–water partition coefficient (Wildman–Crippen LogP) is 3.30. The third kappa shape index (κ3) is 5.31. The minimum absolute atomic E-state index is 0.202. The zero-order chi connectivity index (χ0) is 20.1. The van der Waals surface area contributed by atoms with Crippen molar-refractivity contribution in [2.75, 3.05) is 11.6 Å². The number of fused-ring (bicyclic) bond motifs is 1. The van der Waals surface area contributed by atoms with Gasteiger partial charge < -0.3 is 10.1 Å². The Hall–Kier alpha value is -2.90. The summed E-state index contributed by atoms with van der Waals surface area (Å²) in [6.45, 7) is 1.90. The van der Waals surface area contributed by atoms with Crippen LogP contribution in [0, 0.1) is 0 Å². The van der Waals surface area contributed by atoms with Gasteiger partial charge in [0.25, 0.3) is 5.91 Å². The van der Waals surface area contributed by atoms with Gasteiger partial charge in [-0.1, -0.05) is 48.5 Å². The summed E-state index contributed by atoms with van der Waals surface area (Å²) in [6, 6.07) is 20.5. The molecule has 3 rings (SSSR count). The van der Waals surface area contributed by atoms with E-state index in [0.717, 1.165) is 22.6 Å². The Morgan fingerprint density at radius 2 is 1.68 bits per heavy atom. The molecule has 0 aliphatic heterocycles. The first kappa shape index (κ1) is 19.9. The van der Waals surface area contributed by atoms with Crippen LogP contribution in [-0.4, -0.2) is 26.7 Å². The van der Waals surface area contributed by atoms with E-state index in [-0.39, 0.29) is 12.5 Å². The molecule has 1 atom stereocenters. The predicted molar refractivity (Wildman–Crippen MR) is 111 cm³/mol. The summed E-state index contributed by atoms with van der Waals surface area (Å²) in [7, 11) is -3.24. The normalized spacial score (nSPS) is 12.5. The fraction of sp³-hybridized carbons (Fsp3) is 0.190. The number of ether oxygens (including phenoxy) is 1. The molecule has 146 valence electrons. The first-order valence-electron chi connectivity index (χ1n) is 8.81. The van der Waals surface area contributed by atoms with Crippen LogP contribution in [0.4, 0.5) is 5.69 Å². The number of benzene rings is 3. The number of hydrogen-bond acceptors (Lipinski definition) is 4. The Balaban J connectivity index is 1.62. The summed E-state index contributed by atoms with van der Waals surface area (Å²) in [5.74, 6) is 0.387. The van der Waals surface area contributed by atoms with Crippen LogP contribution >= 0.6 is 0 Å². The summed E-state index contributed by atoms with van der Waals surface area (Å²) in [4.78, 5) is 12.5. The quantitative estimate of drug-likeness (QED) is 0.640. The van der Waals surface area contributed by atoms with Gasteiger partial charge in [-0.2, -0.15) is 0 Å². The molecule has 0 saturated carbocycles.